The van der Waals surface area contributed by atoms with Crippen molar-refractivity contribution in [3.63, 3.8) is 0 Å². The van der Waals surface area contributed by atoms with E-state index >= 15 is 0 Å². The molecule has 2 amide bonds. The van der Waals surface area contributed by atoms with Crippen molar-refractivity contribution in [3.8, 4) is 0 Å². The van der Waals surface area contributed by atoms with Gasteiger partial charge in [-0.25, -0.2) is 4.79 Å². The minimum atomic E-state index is -0.138. The minimum Gasteiger partial charge on any atom is -0.394 e. The second-order valence-electron chi connectivity index (χ2n) is 6.14. The summed E-state index contributed by atoms with van der Waals surface area (Å²) in [6, 6.07) is -0.232. The first-order chi connectivity index (χ1) is 8.93. The van der Waals surface area contributed by atoms with E-state index in [1.807, 2.05) is 6.92 Å². The average Bonchev–Trinajstić information content (AvgIpc) is 2.80. The van der Waals surface area contributed by atoms with Gasteiger partial charge in [0.1, 0.15) is 0 Å². The second-order valence-corrected chi connectivity index (χ2v) is 6.14. The fourth-order valence-electron chi connectivity index (χ4n) is 2.44. The second kappa shape index (κ2) is 7.70. The van der Waals surface area contributed by atoms with Gasteiger partial charge in [-0.2, -0.15) is 0 Å². The van der Waals surface area contributed by atoms with Crippen molar-refractivity contribution in [3.05, 3.63) is 0 Å². The van der Waals surface area contributed by atoms with Crippen LogP contribution in [0.5, 0.6) is 0 Å². The molecule has 0 radical (unpaired) electrons. The number of hydrogen-bond acceptors (Lipinski definition) is 3. The standard InChI is InChI=1S/C14H29N3O2/c1-11(2)8-17-6-5-13(9-17)7-15-14(19)16(4)12(3)10-18/h11-13,18H,5-10H2,1-4H3,(H,15,19). The van der Waals surface area contributed by atoms with Gasteiger partial charge >= 0.3 is 6.03 Å². The Morgan fingerprint density at radius 1 is 1.47 bits per heavy atom. The van der Waals surface area contributed by atoms with E-state index in [9.17, 15) is 4.79 Å². The number of aliphatic hydroxyl groups excluding tert-OH is 1. The first kappa shape index (κ1) is 16.2. The van der Waals surface area contributed by atoms with E-state index in [0.29, 0.717) is 11.8 Å². The predicted octanol–water partition coefficient (Wildman–Crippen LogP) is 0.987. The molecule has 1 saturated heterocycles. The SMILES string of the molecule is CC(C)CN1CCC(CNC(=O)N(C)C(C)CO)C1. The fourth-order valence-corrected chi connectivity index (χ4v) is 2.44. The van der Waals surface area contributed by atoms with Crippen LogP contribution in [0.1, 0.15) is 27.2 Å². The Bertz CT molecular complexity index is 284. The maximum Gasteiger partial charge on any atom is 0.317 e. The molecule has 2 unspecified atom stereocenters. The smallest absolute Gasteiger partial charge is 0.317 e. The number of amides is 2. The molecule has 0 saturated carbocycles. The molecule has 1 aliphatic heterocycles. The summed E-state index contributed by atoms with van der Waals surface area (Å²) < 4.78 is 0. The van der Waals surface area contributed by atoms with Crippen molar-refractivity contribution in [1.29, 1.82) is 0 Å². The summed E-state index contributed by atoms with van der Waals surface area (Å²) in [5, 5.41) is 12.0. The molecule has 2 atom stereocenters. The predicted molar refractivity (Wildman–Crippen MR) is 77.1 cm³/mol. The first-order valence-electron chi connectivity index (χ1n) is 7.27. The zero-order valence-corrected chi connectivity index (χ0v) is 12.7. The van der Waals surface area contributed by atoms with E-state index < -0.39 is 0 Å². The molecule has 0 aromatic heterocycles. The van der Waals surface area contributed by atoms with Gasteiger partial charge in [0.2, 0.25) is 0 Å². The number of likely N-dealkylation sites (N-methyl/N-ethyl adjacent to an activating group) is 1. The van der Waals surface area contributed by atoms with E-state index in [1.54, 1.807) is 11.9 Å². The third-order valence-corrected chi connectivity index (χ3v) is 3.78. The number of rotatable bonds is 6. The molecule has 1 rings (SSSR count). The van der Waals surface area contributed by atoms with E-state index in [4.69, 9.17) is 5.11 Å². The molecule has 1 aliphatic rings. The minimum absolute atomic E-state index is 0.00445. The molecule has 5 heteroatoms. The Morgan fingerprint density at radius 3 is 2.74 bits per heavy atom. The molecule has 1 heterocycles. The van der Waals surface area contributed by atoms with Crippen LogP contribution < -0.4 is 5.32 Å². The fraction of sp³-hybridized carbons (Fsp3) is 0.929. The molecule has 0 spiro atoms. The quantitative estimate of drug-likeness (QED) is 0.757. The number of nitrogens with zero attached hydrogens (tertiary/aromatic N) is 2. The highest BCUT2D eigenvalue weighted by Gasteiger charge is 2.24. The van der Waals surface area contributed by atoms with Crippen LogP contribution in [0.15, 0.2) is 0 Å². The van der Waals surface area contributed by atoms with Gasteiger partial charge in [-0.3, -0.25) is 0 Å². The molecule has 5 nitrogen and oxygen atoms in total. The summed E-state index contributed by atoms with van der Waals surface area (Å²) in [5.74, 6) is 1.26. The van der Waals surface area contributed by atoms with Gasteiger partial charge < -0.3 is 20.2 Å². The van der Waals surface area contributed by atoms with Gasteiger partial charge in [0, 0.05) is 26.7 Å². The molecule has 0 aliphatic carbocycles. The summed E-state index contributed by atoms with van der Waals surface area (Å²) >= 11 is 0. The number of carbonyl (C=O) groups excluding carboxylic acids is 1. The first-order valence-corrected chi connectivity index (χ1v) is 7.27. The lowest BCUT2D eigenvalue weighted by atomic mass is 10.1. The van der Waals surface area contributed by atoms with Crippen molar-refractivity contribution in [2.75, 3.05) is 39.8 Å². The van der Waals surface area contributed by atoms with Gasteiger partial charge in [0.15, 0.2) is 0 Å². The third-order valence-electron chi connectivity index (χ3n) is 3.78. The lowest BCUT2D eigenvalue weighted by Crippen LogP contribution is -2.45. The summed E-state index contributed by atoms with van der Waals surface area (Å²) in [4.78, 5) is 15.9. The van der Waals surface area contributed by atoms with Gasteiger partial charge in [0.05, 0.1) is 12.6 Å². The lowest BCUT2D eigenvalue weighted by molar-refractivity contribution is 0.156. The topological polar surface area (TPSA) is 55.8 Å². The van der Waals surface area contributed by atoms with E-state index in [1.165, 1.54) is 0 Å². The summed E-state index contributed by atoms with van der Waals surface area (Å²) in [5.41, 5.74) is 0. The molecule has 112 valence electrons. The van der Waals surface area contributed by atoms with Crippen LogP contribution in [-0.4, -0.2) is 66.8 Å². The monoisotopic (exact) mass is 271 g/mol. The van der Waals surface area contributed by atoms with Gasteiger partial charge in [-0.1, -0.05) is 13.8 Å². The molecule has 1 fully saturated rings. The molecule has 0 aromatic carbocycles. The Kier molecular flexibility index (Phi) is 6.58. The molecule has 2 N–H and O–H groups in total. The molecule has 0 aromatic rings. The highest BCUT2D eigenvalue weighted by Crippen LogP contribution is 2.16. The average molecular weight is 271 g/mol. The Labute approximate surface area is 117 Å². The van der Waals surface area contributed by atoms with Crippen LogP contribution in [-0.2, 0) is 0 Å². The zero-order chi connectivity index (χ0) is 14.4. The number of aliphatic hydroxyl groups is 1. The van der Waals surface area contributed by atoms with Crippen molar-refractivity contribution in [2.24, 2.45) is 11.8 Å². The highest BCUT2D eigenvalue weighted by atomic mass is 16.3. The van der Waals surface area contributed by atoms with Crippen molar-refractivity contribution in [1.82, 2.24) is 15.1 Å². The van der Waals surface area contributed by atoms with Gasteiger partial charge in [-0.15, -0.1) is 0 Å². The van der Waals surface area contributed by atoms with Gasteiger partial charge in [0.25, 0.3) is 0 Å². The van der Waals surface area contributed by atoms with E-state index in [2.05, 4.69) is 24.1 Å². The largest absolute Gasteiger partial charge is 0.394 e. The van der Waals surface area contributed by atoms with Crippen molar-refractivity contribution < 1.29 is 9.90 Å². The van der Waals surface area contributed by atoms with Gasteiger partial charge in [-0.05, 0) is 31.7 Å². The number of carbonyl (C=O) groups is 1. The Balaban J connectivity index is 2.25. The molecule has 0 bridgehead atoms. The zero-order valence-electron chi connectivity index (χ0n) is 12.7. The number of hydrogen-bond donors (Lipinski definition) is 2. The Hall–Kier alpha value is -0.810. The summed E-state index contributed by atoms with van der Waals surface area (Å²) in [6.45, 7) is 10.4. The number of likely N-dealkylation sites (tertiary alicyclic amines) is 1. The van der Waals surface area contributed by atoms with E-state index in [0.717, 1.165) is 32.6 Å². The lowest BCUT2D eigenvalue weighted by Gasteiger charge is -2.24. The van der Waals surface area contributed by atoms with E-state index in [-0.39, 0.29) is 18.7 Å². The van der Waals surface area contributed by atoms with Crippen molar-refractivity contribution >= 4 is 6.03 Å². The van der Waals surface area contributed by atoms with Crippen LogP contribution in [0.3, 0.4) is 0 Å². The van der Waals surface area contributed by atoms with Crippen LogP contribution in [0.2, 0.25) is 0 Å². The Morgan fingerprint density at radius 2 is 2.16 bits per heavy atom. The summed E-state index contributed by atoms with van der Waals surface area (Å²) in [6.07, 6.45) is 1.16. The molecule has 19 heavy (non-hydrogen) atoms. The van der Waals surface area contributed by atoms with Crippen LogP contribution in [0.4, 0.5) is 4.79 Å². The summed E-state index contributed by atoms with van der Waals surface area (Å²) in [7, 11) is 1.72. The third kappa shape index (κ3) is 5.37. The molecular weight excluding hydrogens is 242 g/mol. The van der Waals surface area contributed by atoms with Crippen LogP contribution in [0, 0.1) is 11.8 Å². The maximum atomic E-state index is 11.8. The van der Waals surface area contributed by atoms with Crippen molar-refractivity contribution in [2.45, 2.75) is 33.2 Å². The maximum absolute atomic E-state index is 11.8. The number of urea groups is 1. The normalized spacial score (nSPS) is 21.7. The molecular formula is C14H29N3O2. The van der Waals surface area contributed by atoms with Crippen LogP contribution >= 0.6 is 0 Å². The highest BCUT2D eigenvalue weighted by molar-refractivity contribution is 5.74. The number of nitrogens with one attached hydrogen (secondary N) is 1. The van der Waals surface area contributed by atoms with Crippen LogP contribution in [0.25, 0.3) is 0 Å².